The van der Waals surface area contributed by atoms with Crippen LogP contribution in [0, 0.1) is 6.92 Å². The van der Waals surface area contributed by atoms with Crippen LogP contribution in [0.2, 0.25) is 0 Å². The van der Waals surface area contributed by atoms with Gasteiger partial charge in [-0.2, -0.15) is 0 Å². The molecule has 0 heterocycles. The molecule has 174 valence electrons. The molecule has 0 radical (unpaired) electrons. The van der Waals surface area contributed by atoms with Crippen LogP contribution in [0.15, 0.2) is 53.0 Å². The number of anilines is 1. The lowest BCUT2D eigenvalue weighted by molar-refractivity contribution is -0.139. The third kappa shape index (κ3) is 7.34. The molecule has 0 aliphatic rings. The number of hydrogen-bond acceptors (Lipinski definition) is 4. The van der Waals surface area contributed by atoms with E-state index < -0.39 is 28.5 Å². The van der Waals surface area contributed by atoms with Crippen LogP contribution in [0.4, 0.5) is 5.69 Å². The number of hydrogen-bond donors (Lipinski definition) is 1. The molecule has 0 aliphatic carbocycles. The van der Waals surface area contributed by atoms with E-state index in [1.54, 1.807) is 31.2 Å². The van der Waals surface area contributed by atoms with Crippen LogP contribution in [0.5, 0.6) is 0 Å². The summed E-state index contributed by atoms with van der Waals surface area (Å²) in [6.07, 6.45) is 1.83. The predicted molar refractivity (Wildman–Crippen MR) is 131 cm³/mol. The number of sulfonamides is 1. The van der Waals surface area contributed by atoms with E-state index in [4.69, 9.17) is 0 Å². The minimum Gasteiger partial charge on any atom is -0.354 e. The quantitative estimate of drug-likeness (QED) is 0.516. The van der Waals surface area contributed by atoms with Gasteiger partial charge in [-0.1, -0.05) is 52.7 Å². The summed E-state index contributed by atoms with van der Waals surface area (Å²) in [5.74, 6) is -0.735. The highest BCUT2D eigenvalue weighted by Crippen LogP contribution is 2.21. The molecule has 7 nitrogen and oxygen atoms in total. The van der Waals surface area contributed by atoms with E-state index in [-0.39, 0.29) is 12.5 Å². The van der Waals surface area contributed by atoms with Crippen LogP contribution in [0.3, 0.4) is 0 Å². The molecule has 0 bridgehead atoms. The Morgan fingerprint density at radius 3 is 2.34 bits per heavy atom. The third-order valence-corrected chi connectivity index (χ3v) is 6.61. The zero-order chi connectivity index (χ0) is 23.9. The van der Waals surface area contributed by atoms with Crippen LogP contribution >= 0.6 is 15.9 Å². The smallest absolute Gasteiger partial charge is 0.244 e. The second-order valence-electron chi connectivity index (χ2n) is 7.72. The van der Waals surface area contributed by atoms with Crippen molar-refractivity contribution in [3.05, 3.63) is 64.1 Å². The molecule has 2 rings (SSSR count). The zero-order valence-corrected chi connectivity index (χ0v) is 21.2. The van der Waals surface area contributed by atoms with Crippen molar-refractivity contribution in [2.24, 2.45) is 0 Å². The van der Waals surface area contributed by atoms with Gasteiger partial charge in [0, 0.05) is 17.6 Å². The molecule has 0 aliphatic heterocycles. The van der Waals surface area contributed by atoms with E-state index >= 15 is 0 Å². The van der Waals surface area contributed by atoms with Crippen LogP contribution in [0.1, 0.15) is 31.4 Å². The minimum absolute atomic E-state index is 0.194. The van der Waals surface area contributed by atoms with Crippen LogP contribution in [-0.4, -0.2) is 50.5 Å². The topological polar surface area (TPSA) is 86.8 Å². The molecule has 2 amide bonds. The molecule has 0 saturated carbocycles. The highest BCUT2D eigenvalue weighted by molar-refractivity contribution is 9.10. The summed E-state index contributed by atoms with van der Waals surface area (Å²) < 4.78 is 26.8. The minimum atomic E-state index is -3.73. The number of rotatable bonds is 10. The Kier molecular flexibility index (Phi) is 9.27. The normalized spacial score (nSPS) is 12.2. The van der Waals surface area contributed by atoms with Gasteiger partial charge in [-0.3, -0.25) is 13.9 Å². The number of carbonyl (C=O) groups excluding carboxylic acids is 2. The fraction of sp³-hybridized carbons (Fsp3) is 0.391. The van der Waals surface area contributed by atoms with E-state index in [1.807, 2.05) is 38.1 Å². The number of nitrogens with zero attached hydrogens (tertiary/aromatic N) is 2. The second-order valence-corrected chi connectivity index (χ2v) is 10.5. The van der Waals surface area contributed by atoms with Crippen molar-refractivity contribution in [2.75, 3.05) is 23.7 Å². The average molecular weight is 524 g/mol. The maximum absolute atomic E-state index is 13.4. The molecule has 0 fully saturated rings. The van der Waals surface area contributed by atoms with E-state index in [0.29, 0.717) is 12.2 Å². The molecule has 0 unspecified atom stereocenters. The van der Waals surface area contributed by atoms with Gasteiger partial charge in [0.1, 0.15) is 12.6 Å². The van der Waals surface area contributed by atoms with Gasteiger partial charge in [0.05, 0.1) is 11.9 Å². The van der Waals surface area contributed by atoms with Crippen molar-refractivity contribution in [3.8, 4) is 0 Å². The SMILES string of the molecule is CCCNC(=O)[C@@H](C)N(Cc1cccc(C)c1)C(=O)CN(c1ccc(Br)cc1)S(C)(=O)=O. The number of aryl methyl sites for hydroxylation is 1. The zero-order valence-electron chi connectivity index (χ0n) is 18.8. The first kappa shape index (κ1) is 25.9. The summed E-state index contributed by atoms with van der Waals surface area (Å²) in [7, 11) is -3.73. The summed E-state index contributed by atoms with van der Waals surface area (Å²) >= 11 is 3.33. The summed E-state index contributed by atoms with van der Waals surface area (Å²) in [4.78, 5) is 27.5. The molecular formula is C23H30BrN3O4S. The first-order valence-electron chi connectivity index (χ1n) is 10.4. The maximum atomic E-state index is 13.4. The summed E-state index contributed by atoms with van der Waals surface area (Å²) in [6, 6.07) is 13.6. The predicted octanol–water partition coefficient (Wildman–Crippen LogP) is 3.47. The monoisotopic (exact) mass is 523 g/mol. The van der Waals surface area contributed by atoms with Crippen molar-refractivity contribution < 1.29 is 18.0 Å². The molecular weight excluding hydrogens is 494 g/mol. The van der Waals surface area contributed by atoms with Crippen LogP contribution < -0.4 is 9.62 Å². The van der Waals surface area contributed by atoms with E-state index in [1.165, 1.54) is 4.90 Å². The lowest BCUT2D eigenvalue weighted by Crippen LogP contribution is -2.51. The molecule has 2 aromatic carbocycles. The van der Waals surface area contributed by atoms with Gasteiger partial charge in [-0.25, -0.2) is 8.42 Å². The Bertz CT molecular complexity index is 1040. The van der Waals surface area contributed by atoms with Gasteiger partial charge in [0.25, 0.3) is 0 Å². The van der Waals surface area contributed by atoms with Gasteiger partial charge in [0.2, 0.25) is 21.8 Å². The van der Waals surface area contributed by atoms with Gasteiger partial charge in [0.15, 0.2) is 0 Å². The molecule has 32 heavy (non-hydrogen) atoms. The lowest BCUT2D eigenvalue weighted by Gasteiger charge is -2.31. The van der Waals surface area contributed by atoms with Crippen molar-refractivity contribution in [1.82, 2.24) is 10.2 Å². The van der Waals surface area contributed by atoms with Gasteiger partial charge in [-0.15, -0.1) is 0 Å². The summed E-state index contributed by atoms with van der Waals surface area (Å²) in [6.45, 7) is 5.85. The van der Waals surface area contributed by atoms with Gasteiger partial charge < -0.3 is 10.2 Å². The highest BCUT2D eigenvalue weighted by Gasteiger charge is 2.29. The third-order valence-electron chi connectivity index (χ3n) is 4.95. The Morgan fingerprint density at radius 2 is 1.78 bits per heavy atom. The van der Waals surface area contributed by atoms with Crippen LogP contribution in [-0.2, 0) is 26.2 Å². The Morgan fingerprint density at radius 1 is 1.12 bits per heavy atom. The van der Waals surface area contributed by atoms with Crippen molar-refractivity contribution >= 4 is 43.5 Å². The number of carbonyl (C=O) groups is 2. The molecule has 0 saturated heterocycles. The summed E-state index contributed by atoms with van der Waals surface area (Å²) in [5.41, 5.74) is 2.27. The fourth-order valence-electron chi connectivity index (χ4n) is 3.21. The van der Waals surface area contributed by atoms with E-state index in [0.717, 1.165) is 32.6 Å². The number of nitrogens with one attached hydrogen (secondary N) is 1. The molecule has 1 N–H and O–H groups in total. The summed E-state index contributed by atoms with van der Waals surface area (Å²) in [5, 5.41) is 2.82. The first-order valence-corrected chi connectivity index (χ1v) is 13.0. The van der Waals surface area contributed by atoms with Crippen molar-refractivity contribution in [3.63, 3.8) is 0 Å². The maximum Gasteiger partial charge on any atom is 0.244 e. The molecule has 9 heteroatoms. The Hall–Kier alpha value is -2.39. The molecule has 0 aromatic heterocycles. The molecule has 1 atom stereocenters. The molecule has 2 aromatic rings. The van der Waals surface area contributed by atoms with E-state index in [9.17, 15) is 18.0 Å². The number of amides is 2. The first-order chi connectivity index (χ1) is 15.0. The Balaban J connectivity index is 2.35. The van der Waals surface area contributed by atoms with E-state index in [2.05, 4.69) is 21.2 Å². The van der Waals surface area contributed by atoms with Crippen molar-refractivity contribution in [1.29, 1.82) is 0 Å². The largest absolute Gasteiger partial charge is 0.354 e. The fourth-order valence-corrected chi connectivity index (χ4v) is 4.32. The van der Waals surface area contributed by atoms with Gasteiger partial charge in [-0.05, 0) is 50.1 Å². The van der Waals surface area contributed by atoms with Crippen LogP contribution in [0.25, 0.3) is 0 Å². The number of benzene rings is 2. The Labute approximate surface area is 199 Å². The van der Waals surface area contributed by atoms with Gasteiger partial charge >= 0.3 is 0 Å². The highest BCUT2D eigenvalue weighted by atomic mass is 79.9. The van der Waals surface area contributed by atoms with Crippen molar-refractivity contribution in [2.45, 2.75) is 39.8 Å². The number of halogens is 1. The second kappa shape index (κ2) is 11.5. The average Bonchev–Trinajstić information content (AvgIpc) is 2.73. The lowest BCUT2D eigenvalue weighted by atomic mass is 10.1. The standard InChI is InChI=1S/C23H30BrN3O4S/c1-5-13-25-23(29)18(3)26(15-19-8-6-7-17(2)14-19)22(28)16-27(32(4,30)31)21-11-9-20(24)10-12-21/h6-12,14,18H,5,13,15-16H2,1-4H3,(H,25,29)/t18-/m1/s1. The molecule has 0 spiro atoms.